The van der Waals surface area contributed by atoms with Gasteiger partial charge in [-0.2, -0.15) is 0 Å². The van der Waals surface area contributed by atoms with Crippen LogP contribution in [0.15, 0.2) is 73.1 Å². The first-order chi connectivity index (χ1) is 11.7. The summed E-state index contributed by atoms with van der Waals surface area (Å²) in [5, 5.41) is 10.6. The molecule has 1 aromatic heterocycles. The summed E-state index contributed by atoms with van der Waals surface area (Å²) in [5.41, 5.74) is 1.11. The number of nitrogens with zero attached hydrogens (tertiary/aromatic N) is 2. The Morgan fingerprint density at radius 3 is 1.83 bits per heavy atom. The van der Waals surface area contributed by atoms with E-state index in [1.807, 2.05) is 53.4 Å². The molecule has 0 N–H and O–H groups in total. The van der Waals surface area contributed by atoms with Gasteiger partial charge in [-0.15, -0.1) is 0 Å². The lowest BCUT2D eigenvalue weighted by atomic mass is 10.3. The van der Waals surface area contributed by atoms with Crippen LogP contribution in [-0.2, 0) is 0 Å². The lowest BCUT2D eigenvalue weighted by Gasteiger charge is -2.09. The van der Waals surface area contributed by atoms with Crippen LogP contribution in [0.3, 0.4) is 0 Å². The summed E-state index contributed by atoms with van der Waals surface area (Å²) < 4.78 is 13.1. The van der Waals surface area contributed by atoms with Gasteiger partial charge in [0.15, 0.2) is 0 Å². The van der Waals surface area contributed by atoms with E-state index in [2.05, 4.69) is 0 Å². The van der Waals surface area contributed by atoms with Crippen LogP contribution >= 0.6 is 0 Å². The topological polar surface area (TPSA) is 66.5 Å². The second-order valence-electron chi connectivity index (χ2n) is 5.03. The first-order valence-electron chi connectivity index (χ1n) is 7.46. The number of nitro benzene ring substituents is 1. The van der Waals surface area contributed by atoms with E-state index in [9.17, 15) is 10.1 Å². The van der Waals surface area contributed by atoms with Crippen LogP contribution in [0.5, 0.6) is 11.5 Å². The average Bonchev–Trinajstić information content (AvgIpc) is 3.14. The maximum atomic E-state index is 10.6. The maximum Gasteiger partial charge on any atom is 0.269 e. The van der Waals surface area contributed by atoms with Crippen molar-refractivity contribution in [3.63, 3.8) is 0 Å². The Labute approximate surface area is 139 Å². The van der Waals surface area contributed by atoms with Crippen LogP contribution in [-0.4, -0.2) is 22.7 Å². The predicted octanol–water partition coefficient (Wildman–Crippen LogP) is 3.84. The van der Waals surface area contributed by atoms with Crippen LogP contribution in [0.1, 0.15) is 0 Å². The van der Waals surface area contributed by atoms with E-state index in [4.69, 9.17) is 9.47 Å². The van der Waals surface area contributed by atoms with Crippen molar-refractivity contribution in [2.24, 2.45) is 0 Å². The SMILES string of the molecule is O=[N+]([O-])c1ccc(OCCOc2ccc(-n3cccc3)cc2)cc1. The van der Waals surface area contributed by atoms with Crippen LogP contribution in [0.2, 0.25) is 0 Å². The largest absolute Gasteiger partial charge is 0.490 e. The second kappa shape index (κ2) is 7.32. The first-order valence-corrected chi connectivity index (χ1v) is 7.46. The minimum absolute atomic E-state index is 0.0429. The number of aromatic nitrogens is 1. The molecule has 3 aromatic rings. The van der Waals surface area contributed by atoms with Gasteiger partial charge in [0.2, 0.25) is 0 Å². The summed E-state index contributed by atoms with van der Waals surface area (Å²) in [4.78, 5) is 10.1. The fourth-order valence-corrected chi connectivity index (χ4v) is 2.20. The van der Waals surface area contributed by atoms with Crippen molar-refractivity contribution in [1.29, 1.82) is 0 Å². The number of benzene rings is 2. The minimum Gasteiger partial charge on any atom is -0.490 e. The number of non-ortho nitro benzene ring substituents is 1. The van der Waals surface area contributed by atoms with Gasteiger partial charge in [-0.25, -0.2) is 0 Å². The van der Waals surface area contributed by atoms with Gasteiger partial charge in [-0.3, -0.25) is 10.1 Å². The summed E-state index contributed by atoms with van der Waals surface area (Å²) in [6, 6.07) is 17.7. The molecule has 0 aliphatic rings. The molecular weight excluding hydrogens is 308 g/mol. The zero-order valence-electron chi connectivity index (χ0n) is 12.9. The molecule has 1 heterocycles. The highest BCUT2D eigenvalue weighted by Crippen LogP contribution is 2.18. The molecular formula is C18H16N2O4. The molecule has 0 atom stereocenters. The van der Waals surface area contributed by atoms with E-state index in [0.717, 1.165) is 11.4 Å². The fourth-order valence-electron chi connectivity index (χ4n) is 2.20. The Morgan fingerprint density at radius 1 is 0.833 bits per heavy atom. The average molecular weight is 324 g/mol. The normalized spacial score (nSPS) is 10.3. The Bertz CT molecular complexity index is 781. The van der Waals surface area contributed by atoms with Gasteiger partial charge in [0, 0.05) is 30.2 Å². The molecule has 0 bridgehead atoms. The third-order valence-electron chi connectivity index (χ3n) is 3.41. The summed E-state index contributed by atoms with van der Waals surface area (Å²) in [5.74, 6) is 1.34. The molecule has 6 nitrogen and oxygen atoms in total. The van der Waals surface area contributed by atoms with Crippen molar-refractivity contribution in [3.8, 4) is 17.2 Å². The third-order valence-corrected chi connectivity index (χ3v) is 3.41. The molecule has 122 valence electrons. The molecule has 0 saturated heterocycles. The van der Waals surface area contributed by atoms with Gasteiger partial charge in [-0.05, 0) is 48.5 Å². The van der Waals surface area contributed by atoms with E-state index >= 15 is 0 Å². The fraction of sp³-hybridized carbons (Fsp3) is 0.111. The standard InChI is InChI=1S/C18H16N2O4/c21-20(22)16-5-9-18(10-6-16)24-14-13-23-17-7-3-15(4-8-17)19-11-1-2-12-19/h1-12H,13-14H2. The number of rotatable bonds is 7. The van der Waals surface area contributed by atoms with E-state index in [0.29, 0.717) is 19.0 Å². The molecule has 6 heteroatoms. The highest BCUT2D eigenvalue weighted by molar-refractivity contribution is 5.38. The van der Waals surface area contributed by atoms with Gasteiger partial charge in [0.1, 0.15) is 24.7 Å². The molecule has 0 amide bonds. The molecule has 0 fully saturated rings. The lowest BCUT2D eigenvalue weighted by Crippen LogP contribution is -2.09. The van der Waals surface area contributed by atoms with E-state index < -0.39 is 4.92 Å². The summed E-state index contributed by atoms with van der Waals surface area (Å²) in [6.45, 7) is 0.747. The minimum atomic E-state index is -0.440. The van der Waals surface area contributed by atoms with Crippen molar-refractivity contribution >= 4 is 5.69 Å². The first kappa shape index (κ1) is 15.6. The van der Waals surface area contributed by atoms with E-state index in [-0.39, 0.29) is 5.69 Å². The van der Waals surface area contributed by atoms with Crippen LogP contribution in [0.4, 0.5) is 5.69 Å². The summed E-state index contributed by atoms with van der Waals surface area (Å²) in [7, 11) is 0. The number of ether oxygens (including phenoxy) is 2. The molecule has 24 heavy (non-hydrogen) atoms. The summed E-state index contributed by atoms with van der Waals surface area (Å²) in [6.07, 6.45) is 3.96. The van der Waals surface area contributed by atoms with E-state index in [1.165, 1.54) is 12.1 Å². The van der Waals surface area contributed by atoms with Gasteiger partial charge in [0.05, 0.1) is 4.92 Å². The van der Waals surface area contributed by atoms with Crippen LogP contribution in [0, 0.1) is 10.1 Å². The van der Waals surface area contributed by atoms with Gasteiger partial charge >= 0.3 is 0 Å². The molecule has 0 spiro atoms. The number of hydrogen-bond donors (Lipinski definition) is 0. The van der Waals surface area contributed by atoms with Crippen molar-refractivity contribution in [2.75, 3.05) is 13.2 Å². The molecule has 0 radical (unpaired) electrons. The summed E-state index contributed by atoms with van der Waals surface area (Å²) >= 11 is 0. The molecule has 0 aliphatic heterocycles. The van der Waals surface area contributed by atoms with E-state index in [1.54, 1.807) is 12.1 Å². The zero-order chi connectivity index (χ0) is 16.8. The van der Waals surface area contributed by atoms with Gasteiger partial charge < -0.3 is 14.0 Å². The lowest BCUT2D eigenvalue weighted by molar-refractivity contribution is -0.384. The highest BCUT2D eigenvalue weighted by atomic mass is 16.6. The molecule has 0 saturated carbocycles. The van der Waals surface area contributed by atoms with Crippen molar-refractivity contribution in [3.05, 3.63) is 83.2 Å². The maximum absolute atomic E-state index is 10.6. The quantitative estimate of drug-likeness (QED) is 0.376. The number of nitro groups is 1. The number of hydrogen-bond acceptors (Lipinski definition) is 4. The van der Waals surface area contributed by atoms with Crippen molar-refractivity contribution in [1.82, 2.24) is 4.57 Å². The van der Waals surface area contributed by atoms with Crippen LogP contribution < -0.4 is 9.47 Å². The third kappa shape index (κ3) is 3.92. The van der Waals surface area contributed by atoms with Gasteiger partial charge in [0.25, 0.3) is 5.69 Å². The smallest absolute Gasteiger partial charge is 0.269 e. The highest BCUT2D eigenvalue weighted by Gasteiger charge is 2.04. The van der Waals surface area contributed by atoms with Crippen molar-refractivity contribution in [2.45, 2.75) is 0 Å². The Hall–Kier alpha value is -3.28. The van der Waals surface area contributed by atoms with Crippen LogP contribution in [0.25, 0.3) is 5.69 Å². The van der Waals surface area contributed by atoms with Gasteiger partial charge in [-0.1, -0.05) is 0 Å². The van der Waals surface area contributed by atoms with Crippen molar-refractivity contribution < 1.29 is 14.4 Å². The molecule has 0 aliphatic carbocycles. The second-order valence-corrected chi connectivity index (χ2v) is 5.03. The Balaban J connectivity index is 1.45. The molecule has 3 rings (SSSR count). The Kier molecular flexibility index (Phi) is 4.76. The molecule has 0 unspecified atom stereocenters. The Morgan fingerprint density at radius 2 is 1.33 bits per heavy atom. The monoisotopic (exact) mass is 324 g/mol. The molecule has 2 aromatic carbocycles. The predicted molar refractivity (Wildman–Crippen MR) is 89.9 cm³/mol. The zero-order valence-corrected chi connectivity index (χ0v) is 12.9.